The molecule has 0 radical (unpaired) electrons. The molecule has 40 heavy (non-hydrogen) atoms. The SMILES string of the molecule is N=C(C=C(N)C(F)(F)F)c1cc(-c2ccc(N(c3ccccc3)c3ccc(-c4ccccc4)cc3)cc2)ccn1. The second kappa shape index (κ2) is 11.3. The summed E-state index contributed by atoms with van der Waals surface area (Å²) in [4.78, 5) is 6.20. The number of aromatic nitrogens is 1. The molecule has 0 saturated heterocycles. The first-order valence-corrected chi connectivity index (χ1v) is 12.5. The van der Waals surface area contributed by atoms with Gasteiger partial charge in [-0.25, -0.2) is 0 Å². The lowest BCUT2D eigenvalue weighted by Gasteiger charge is -2.26. The molecule has 0 aliphatic heterocycles. The maximum absolute atomic E-state index is 12.8. The Labute approximate surface area is 230 Å². The fourth-order valence-electron chi connectivity index (χ4n) is 4.33. The van der Waals surface area contributed by atoms with Crippen LogP contribution in [0.4, 0.5) is 30.2 Å². The Hall–Kier alpha value is -5.17. The van der Waals surface area contributed by atoms with Crippen molar-refractivity contribution in [1.82, 2.24) is 4.98 Å². The summed E-state index contributed by atoms with van der Waals surface area (Å²) in [5.41, 5.74) is 10.2. The predicted octanol–water partition coefficient (Wildman–Crippen LogP) is 8.66. The number of nitrogens with zero attached hydrogens (tertiary/aromatic N) is 2. The highest BCUT2D eigenvalue weighted by atomic mass is 19.4. The zero-order chi connectivity index (χ0) is 28.1. The van der Waals surface area contributed by atoms with Crippen molar-refractivity contribution < 1.29 is 13.2 Å². The molecule has 0 spiro atoms. The molecule has 5 aromatic rings. The van der Waals surface area contributed by atoms with Crippen molar-refractivity contribution in [2.24, 2.45) is 5.73 Å². The average molecular weight is 535 g/mol. The van der Waals surface area contributed by atoms with E-state index in [9.17, 15) is 13.2 Å². The molecular weight excluding hydrogens is 509 g/mol. The van der Waals surface area contributed by atoms with Gasteiger partial charge in [0.2, 0.25) is 0 Å². The molecule has 5 rings (SSSR count). The minimum absolute atomic E-state index is 0.0956. The number of nitrogens with two attached hydrogens (primary N) is 1. The first-order valence-electron chi connectivity index (χ1n) is 12.5. The quantitative estimate of drug-likeness (QED) is 0.205. The fourth-order valence-corrected chi connectivity index (χ4v) is 4.33. The maximum Gasteiger partial charge on any atom is 0.430 e. The van der Waals surface area contributed by atoms with E-state index in [1.165, 1.54) is 6.20 Å². The van der Waals surface area contributed by atoms with Crippen molar-refractivity contribution in [1.29, 1.82) is 5.41 Å². The van der Waals surface area contributed by atoms with E-state index in [1.54, 1.807) is 12.1 Å². The molecule has 198 valence electrons. The van der Waals surface area contributed by atoms with Crippen LogP contribution in [0.2, 0.25) is 0 Å². The summed E-state index contributed by atoms with van der Waals surface area (Å²) in [6.45, 7) is 0. The zero-order valence-corrected chi connectivity index (χ0v) is 21.3. The van der Waals surface area contributed by atoms with Crippen LogP contribution < -0.4 is 10.6 Å². The van der Waals surface area contributed by atoms with E-state index in [0.717, 1.165) is 39.3 Å². The fraction of sp³-hybridized carbons (Fsp3) is 0.0303. The number of nitrogens with one attached hydrogen (secondary N) is 1. The molecule has 1 aromatic heterocycles. The smallest absolute Gasteiger partial charge is 0.395 e. The number of hydrogen-bond acceptors (Lipinski definition) is 4. The van der Waals surface area contributed by atoms with Crippen molar-refractivity contribution >= 4 is 22.8 Å². The molecule has 4 aromatic carbocycles. The molecule has 0 aliphatic carbocycles. The third-order valence-electron chi connectivity index (χ3n) is 6.37. The summed E-state index contributed by atoms with van der Waals surface area (Å²) in [6, 6.07) is 39.8. The number of rotatable bonds is 7. The number of hydrogen-bond donors (Lipinski definition) is 2. The summed E-state index contributed by atoms with van der Waals surface area (Å²) < 4.78 is 38.4. The van der Waals surface area contributed by atoms with Gasteiger partial charge >= 0.3 is 6.18 Å². The van der Waals surface area contributed by atoms with E-state index in [-0.39, 0.29) is 5.69 Å². The Balaban J connectivity index is 1.45. The molecule has 4 nitrogen and oxygen atoms in total. The highest BCUT2D eigenvalue weighted by molar-refractivity contribution is 6.06. The molecule has 0 saturated carbocycles. The highest BCUT2D eigenvalue weighted by Crippen LogP contribution is 2.36. The van der Waals surface area contributed by atoms with Crippen molar-refractivity contribution in [3.63, 3.8) is 0 Å². The first-order chi connectivity index (χ1) is 19.3. The maximum atomic E-state index is 12.8. The highest BCUT2D eigenvalue weighted by Gasteiger charge is 2.31. The second-order valence-electron chi connectivity index (χ2n) is 9.07. The van der Waals surface area contributed by atoms with Gasteiger partial charge in [0, 0.05) is 23.3 Å². The molecule has 0 amide bonds. The third-order valence-corrected chi connectivity index (χ3v) is 6.37. The van der Waals surface area contributed by atoms with Crippen LogP contribution in [0, 0.1) is 5.41 Å². The topological polar surface area (TPSA) is 66.0 Å². The van der Waals surface area contributed by atoms with E-state index in [1.807, 2.05) is 72.8 Å². The van der Waals surface area contributed by atoms with Crippen LogP contribution in [-0.2, 0) is 0 Å². The second-order valence-corrected chi connectivity index (χ2v) is 9.07. The Morgan fingerprint density at radius 1 is 0.650 bits per heavy atom. The zero-order valence-electron chi connectivity index (χ0n) is 21.3. The van der Waals surface area contributed by atoms with Gasteiger partial charge in [-0.15, -0.1) is 0 Å². The lowest BCUT2D eigenvalue weighted by molar-refractivity contribution is -0.0925. The number of anilines is 3. The lowest BCUT2D eigenvalue weighted by atomic mass is 10.0. The molecule has 0 unspecified atom stereocenters. The number of benzene rings is 4. The van der Waals surface area contributed by atoms with Crippen LogP contribution >= 0.6 is 0 Å². The predicted molar refractivity (Wildman–Crippen MR) is 155 cm³/mol. The molecule has 0 bridgehead atoms. The van der Waals surface area contributed by atoms with Crippen molar-refractivity contribution in [3.8, 4) is 22.3 Å². The van der Waals surface area contributed by atoms with Gasteiger partial charge in [-0.1, -0.05) is 72.8 Å². The monoisotopic (exact) mass is 534 g/mol. The summed E-state index contributed by atoms with van der Waals surface area (Å²) in [6.07, 6.45) is -2.66. The third kappa shape index (κ3) is 5.94. The molecule has 0 fully saturated rings. The summed E-state index contributed by atoms with van der Waals surface area (Å²) >= 11 is 0. The average Bonchev–Trinajstić information content (AvgIpc) is 2.98. The molecule has 0 atom stereocenters. The van der Waals surface area contributed by atoms with Gasteiger partial charge in [0.25, 0.3) is 0 Å². The van der Waals surface area contributed by atoms with Crippen LogP contribution in [0.25, 0.3) is 22.3 Å². The minimum atomic E-state index is -4.70. The Morgan fingerprint density at radius 2 is 1.12 bits per heavy atom. The number of para-hydroxylation sites is 1. The molecular formula is C33H25F3N4. The van der Waals surface area contributed by atoms with Crippen LogP contribution in [0.5, 0.6) is 0 Å². The van der Waals surface area contributed by atoms with Gasteiger partial charge in [-0.3, -0.25) is 10.4 Å². The van der Waals surface area contributed by atoms with E-state index < -0.39 is 17.6 Å². The molecule has 0 aliphatic rings. The number of alkyl halides is 3. The van der Waals surface area contributed by atoms with E-state index in [0.29, 0.717) is 6.08 Å². The molecule has 7 heteroatoms. The van der Waals surface area contributed by atoms with E-state index in [4.69, 9.17) is 11.1 Å². The van der Waals surface area contributed by atoms with Gasteiger partial charge in [0.05, 0.1) is 11.4 Å². The van der Waals surface area contributed by atoms with Gasteiger partial charge in [0.1, 0.15) is 5.70 Å². The first kappa shape index (κ1) is 26.4. The van der Waals surface area contributed by atoms with Crippen LogP contribution in [0.1, 0.15) is 5.69 Å². The van der Waals surface area contributed by atoms with Crippen LogP contribution in [-0.4, -0.2) is 16.9 Å². The van der Waals surface area contributed by atoms with Gasteiger partial charge in [-0.2, -0.15) is 13.2 Å². The van der Waals surface area contributed by atoms with Crippen LogP contribution in [0.15, 0.2) is 139 Å². The molecule has 3 N–H and O–H groups in total. The summed E-state index contributed by atoms with van der Waals surface area (Å²) in [5.74, 6) is 0. The number of halogens is 3. The van der Waals surface area contributed by atoms with Gasteiger partial charge in [0.15, 0.2) is 0 Å². The standard InChI is InChI=1S/C33H25F3N4/c34-33(35,36)32(38)22-30(37)31-21-26(19-20-39-31)25-13-17-29(18-14-25)40(27-9-5-2-6-10-27)28-15-11-24(12-16-28)23-7-3-1-4-8-23/h1-22,37H,38H2. The lowest BCUT2D eigenvalue weighted by Crippen LogP contribution is -2.20. The Bertz CT molecular complexity index is 1630. The number of pyridine rings is 1. The number of allylic oxidation sites excluding steroid dienone is 2. The van der Waals surface area contributed by atoms with Crippen molar-refractivity contribution in [2.45, 2.75) is 6.18 Å². The van der Waals surface area contributed by atoms with E-state index >= 15 is 0 Å². The summed E-state index contributed by atoms with van der Waals surface area (Å²) in [5, 5.41) is 8.02. The normalized spacial score (nSPS) is 11.7. The summed E-state index contributed by atoms with van der Waals surface area (Å²) in [7, 11) is 0. The van der Waals surface area contributed by atoms with Crippen LogP contribution in [0.3, 0.4) is 0 Å². The Morgan fingerprint density at radius 3 is 1.68 bits per heavy atom. The van der Waals surface area contributed by atoms with Crippen molar-refractivity contribution in [2.75, 3.05) is 4.90 Å². The largest absolute Gasteiger partial charge is 0.430 e. The Kier molecular flexibility index (Phi) is 7.46. The van der Waals surface area contributed by atoms with Gasteiger partial charge in [-0.05, 0) is 76.9 Å². The minimum Gasteiger partial charge on any atom is -0.395 e. The van der Waals surface area contributed by atoms with E-state index in [2.05, 4.69) is 46.3 Å². The van der Waals surface area contributed by atoms with Crippen molar-refractivity contribution in [3.05, 3.63) is 145 Å². The molecule has 1 heterocycles. The van der Waals surface area contributed by atoms with Gasteiger partial charge < -0.3 is 10.6 Å².